The van der Waals surface area contributed by atoms with Crippen molar-refractivity contribution in [2.45, 2.75) is 44.4 Å². The smallest absolute Gasteiger partial charge is 0.220 e. The molecule has 1 aromatic carbocycles. The molecule has 0 bridgehead atoms. The van der Waals surface area contributed by atoms with E-state index >= 15 is 0 Å². The van der Waals surface area contributed by atoms with Crippen LogP contribution in [0.2, 0.25) is 0 Å². The molecule has 0 spiro atoms. The lowest BCUT2D eigenvalue weighted by Gasteiger charge is -2.28. The van der Waals surface area contributed by atoms with Crippen LogP contribution in [0, 0.1) is 11.8 Å². The summed E-state index contributed by atoms with van der Waals surface area (Å²) in [7, 11) is 0. The highest BCUT2D eigenvalue weighted by Gasteiger charge is 2.44. The third kappa shape index (κ3) is 4.96. The van der Waals surface area contributed by atoms with Crippen LogP contribution in [0.25, 0.3) is 0 Å². The van der Waals surface area contributed by atoms with E-state index in [0.717, 1.165) is 24.1 Å². The van der Waals surface area contributed by atoms with Crippen LogP contribution in [0.1, 0.15) is 44.6 Å². The maximum absolute atomic E-state index is 12.3. The normalized spacial score (nSPS) is 20.8. The number of rotatable bonds is 6. The minimum atomic E-state index is 0. The molecule has 1 saturated carbocycles. The van der Waals surface area contributed by atoms with E-state index in [-0.39, 0.29) is 23.7 Å². The van der Waals surface area contributed by atoms with Crippen LogP contribution in [0.3, 0.4) is 0 Å². The molecule has 134 valence electrons. The van der Waals surface area contributed by atoms with Crippen molar-refractivity contribution in [1.82, 2.24) is 10.6 Å². The van der Waals surface area contributed by atoms with Gasteiger partial charge in [-0.15, -0.1) is 12.4 Å². The summed E-state index contributed by atoms with van der Waals surface area (Å²) in [5.41, 5.74) is 1.52. The first-order valence-corrected chi connectivity index (χ1v) is 9.62. The third-order valence-corrected chi connectivity index (χ3v) is 6.10. The van der Waals surface area contributed by atoms with Gasteiger partial charge in [0.25, 0.3) is 0 Å². The molecular formula is C19H28BrClN2O. The molecule has 1 aliphatic heterocycles. The fourth-order valence-corrected chi connectivity index (χ4v) is 4.15. The first kappa shape index (κ1) is 19.7. The largest absolute Gasteiger partial charge is 0.355 e. The minimum Gasteiger partial charge on any atom is -0.355 e. The number of carbonyl (C=O) groups is 1. The summed E-state index contributed by atoms with van der Waals surface area (Å²) >= 11 is 3.55. The van der Waals surface area contributed by atoms with Crippen LogP contribution < -0.4 is 10.6 Å². The highest BCUT2D eigenvalue weighted by atomic mass is 79.9. The molecular weight excluding hydrogens is 388 g/mol. The summed E-state index contributed by atoms with van der Waals surface area (Å²) < 4.78 is 1.12. The number of hydrogen-bond acceptors (Lipinski definition) is 2. The molecule has 1 heterocycles. The number of benzene rings is 1. The van der Waals surface area contributed by atoms with Gasteiger partial charge in [0.05, 0.1) is 0 Å². The zero-order valence-corrected chi connectivity index (χ0v) is 16.7. The molecule has 5 heteroatoms. The Balaban J connectivity index is 0.00000208. The standard InChI is InChI=1S/C19H27BrN2O.ClH/c1-14(15-5-9-21-10-6-15)11-18(23)22-13-19(7-8-19)16-3-2-4-17(20)12-16;/h2-4,12,14-15,21H,5-11,13H2,1H3,(H,22,23);1H. The van der Waals surface area contributed by atoms with Gasteiger partial charge < -0.3 is 10.6 Å². The van der Waals surface area contributed by atoms with Gasteiger partial charge in [-0.25, -0.2) is 0 Å². The molecule has 24 heavy (non-hydrogen) atoms. The second-order valence-corrected chi connectivity index (χ2v) is 8.25. The third-order valence-electron chi connectivity index (χ3n) is 5.61. The van der Waals surface area contributed by atoms with Gasteiger partial charge in [-0.1, -0.05) is 35.0 Å². The molecule has 0 aromatic heterocycles. The Morgan fingerprint density at radius 2 is 2.08 bits per heavy atom. The fraction of sp³-hybridized carbons (Fsp3) is 0.632. The van der Waals surface area contributed by atoms with Crippen molar-refractivity contribution in [2.24, 2.45) is 11.8 Å². The zero-order chi connectivity index (χ0) is 16.3. The van der Waals surface area contributed by atoms with Crippen molar-refractivity contribution in [2.75, 3.05) is 19.6 Å². The maximum atomic E-state index is 12.3. The number of halogens is 2. The highest BCUT2D eigenvalue weighted by Crippen LogP contribution is 2.48. The lowest BCUT2D eigenvalue weighted by molar-refractivity contribution is -0.122. The summed E-state index contributed by atoms with van der Waals surface area (Å²) in [6, 6.07) is 8.51. The minimum absolute atomic E-state index is 0. The molecule has 0 radical (unpaired) electrons. The summed E-state index contributed by atoms with van der Waals surface area (Å²) in [6.07, 6.45) is 5.42. The van der Waals surface area contributed by atoms with Gasteiger partial charge >= 0.3 is 0 Å². The Labute approximate surface area is 159 Å². The number of piperidine rings is 1. The van der Waals surface area contributed by atoms with E-state index in [1.165, 1.54) is 31.2 Å². The van der Waals surface area contributed by atoms with E-state index < -0.39 is 0 Å². The lowest BCUT2D eigenvalue weighted by atomic mass is 9.84. The van der Waals surface area contributed by atoms with E-state index in [9.17, 15) is 4.79 Å². The predicted molar refractivity (Wildman–Crippen MR) is 105 cm³/mol. The molecule has 1 saturated heterocycles. The summed E-state index contributed by atoms with van der Waals surface area (Å²) in [5.74, 6) is 1.40. The summed E-state index contributed by atoms with van der Waals surface area (Å²) in [6.45, 7) is 5.21. The van der Waals surface area contributed by atoms with Gasteiger partial charge in [0.15, 0.2) is 0 Å². The molecule has 1 amide bonds. The van der Waals surface area contributed by atoms with Gasteiger partial charge in [-0.3, -0.25) is 4.79 Å². The number of nitrogens with one attached hydrogen (secondary N) is 2. The van der Waals surface area contributed by atoms with Gasteiger partial charge in [0.1, 0.15) is 0 Å². The van der Waals surface area contributed by atoms with Crippen molar-refractivity contribution >= 4 is 34.2 Å². The van der Waals surface area contributed by atoms with Crippen LogP contribution in [0.4, 0.5) is 0 Å². The molecule has 1 atom stereocenters. The Hall–Kier alpha value is -0.580. The SMILES string of the molecule is CC(CC(=O)NCC1(c2cccc(Br)c2)CC1)C1CCNCC1.Cl. The van der Waals surface area contributed by atoms with Crippen LogP contribution >= 0.6 is 28.3 Å². The Bertz CT molecular complexity index is 556. The molecule has 2 fully saturated rings. The van der Waals surface area contributed by atoms with Gasteiger partial charge in [-0.2, -0.15) is 0 Å². The van der Waals surface area contributed by atoms with Crippen molar-refractivity contribution < 1.29 is 4.79 Å². The molecule has 1 aliphatic carbocycles. The van der Waals surface area contributed by atoms with Crippen molar-refractivity contribution in [3.63, 3.8) is 0 Å². The van der Waals surface area contributed by atoms with Gasteiger partial charge in [0.2, 0.25) is 5.91 Å². The number of carbonyl (C=O) groups excluding carboxylic acids is 1. The molecule has 2 N–H and O–H groups in total. The molecule has 3 rings (SSSR count). The number of hydrogen-bond donors (Lipinski definition) is 2. The van der Waals surface area contributed by atoms with Crippen molar-refractivity contribution in [3.8, 4) is 0 Å². The first-order chi connectivity index (χ1) is 11.1. The second-order valence-electron chi connectivity index (χ2n) is 7.34. The van der Waals surface area contributed by atoms with Crippen molar-refractivity contribution in [3.05, 3.63) is 34.3 Å². The predicted octanol–water partition coefficient (Wildman–Crippen LogP) is 4.04. The second kappa shape index (κ2) is 8.68. The summed E-state index contributed by atoms with van der Waals surface area (Å²) in [5, 5.41) is 6.60. The van der Waals surface area contributed by atoms with Gasteiger partial charge in [0, 0.05) is 22.9 Å². The fourth-order valence-electron chi connectivity index (χ4n) is 3.75. The Morgan fingerprint density at radius 1 is 1.38 bits per heavy atom. The zero-order valence-electron chi connectivity index (χ0n) is 14.3. The molecule has 1 unspecified atom stereocenters. The van der Waals surface area contributed by atoms with Crippen LogP contribution in [0.5, 0.6) is 0 Å². The quantitative estimate of drug-likeness (QED) is 0.736. The first-order valence-electron chi connectivity index (χ1n) is 8.82. The molecule has 2 aliphatic rings. The van der Waals surface area contributed by atoms with E-state index in [4.69, 9.17) is 0 Å². The van der Waals surface area contributed by atoms with Crippen LogP contribution in [-0.2, 0) is 10.2 Å². The summed E-state index contributed by atoms with van der Waals surface area (Å²) in [4.78, 5) is 12.3. The average Bonchev–Trinajstić information content (AvgIpc) is 3.35. The molecule has 3 nitrogen and oxygen atoms in total. The van der Waals surface area contributed by atoms with Crippen molar-refractivity contribution in [1.29, 1.82) is 0 Å². The average molecular weight is 416 g/mol. The Morgan fingerprint density at radius 3 is 2.71 bits per heavy atom. The van der Waals surface area contributed by atoms with Crippen LogP contribution in [-0.4, -0.2) is 25.5 Å². The highest BCUT2D eigenvalue weighted by molar-refractivity contribution is 9.10. The maximum Gasteiger partial charge on any atom is 0.220 e. The van der Waals surface area contributed by atoms with E-state index in [1.807, 2.05) is 0 Å². The topological polar surface area (TPSA) is 41.1 Å². The molecule has 1 aromatic rings. The van der Waals surface area contributed by atoms with E-state index in [1.54, 1.807) is 0 Å². The number of amides is 1. The Kier molecular flexibility index (Phi) is 7.14. The lowest BCUT2D eigenvalue weighted by Crippen LogP contribution is -2.36. The van der Waals surface area contributed by atoms with E-state index in [0.29, 0.717) is 18.3 Å². The monoisotopic (exact) mass is 414 g/mol. The van der Waals surface area contributed by atoms with Gasteiger partial charge in [-0.05, 0) is 68.3 Å². The van der Waals surface area contributed by atoms with Crippen LogP contribution in [0.15, 0.2) is 28.7 Å². The van der Waals surface area contributed by atoms with E-state index in [2.05, 4.69) is 57.8 Å².